The second-order valence-corrected chi connectivity index (χ2v) is 15.0. The monoisotopic (exact) mass is 766 g/mol. The molecular formula is C55H34N4O. The summed E-state index contributed by atoms with van der Waals surface area (Å²) in [5, 5.41) is 14.0. The summed E-state index contributed by atoms with van der Waals surface area (Å²) in [5.74, 6) is 3.31. The fourth-order valence-electron chi connectivity index (χ4n) is 8.94. The SMILES string of the molecule is N#Cc1ccc(-c2nc(-c3ccc(-c4cccc5c4Oc4ccccc4C5(c4ccccc4)c4ccccc4)cc3)nc(-c3cc4ccccc4c4ccccc34)n2)cc1. The third-order valence-electron chi connectivity index (χ3n) is 11.7. The minimum atomic E-state index is -0.612. The number of nitrogens with zero attached hydrogens (tertiary/aromatic N) is 4. The number of hydrogen-bond donors (Lipinski definition) is 0. The number of ether oxygens (including phenoxy) is 1. The van der Waals surface area contributed by atoms with E-state index >= 15 is 0 Å². The molecule has 5 heteroatoms. The molecule has 0 aliphatic carbocycles. The van der Waals surface area contributed by atoms with Crippen molar-refractivity contribution in [2.75, 3.05) is 0 Å². The molecule has 0 saturated heterocycles. The molecule has 11 rings (SSSR count). The molecular weight excluding hydrogens is 733 g/mol. The van der Waals surface area contributed by atoms with Gasteiger partial charge in [-0.1, -0.05) is 170 Å². The number of benzene rings is 9. The molecule has 0 N–H and O–H groups in total. The van der Waals surface area contributed by atoms with Gasteiger partial charge in [0, 0.05) is 33.4 Å². The molecule has 1 aliphatic heterocycles. The normalized spacial score (nSPS) is 12.6. The summed E-state index contributed by atoms with van der Waals surface area (Å²) in [6, 6.07) is 73.3. The van der Waals surface area contributed by atoms with Gasteiger partial charge in [0.05, 0.1) is 17.0 Å². The van der Waals surface area contributed by atoms with Gasteiger partial charge in [-0.05, 0) is 74.6 Å². The summed E-state index contributed by atoms with van der Waals surface area (Å²) < 4.78 is 6.93. The van der Waals surface area contributed by atoms with E-state index in [-0.39, 0.29) is 0 Å². The Bertz CT molecular complexity index is 3240. The smallest absolute Gasteiger partial charge is 0.164 e. The standard InChI is InChI=1S/C55H34N4O/c56-35-36-26-28-38(29-27-36)52-57-53(59-54(58-52)47-34-40-14-7-8-19-43(40)45-20-9-10-21-46(45)47)39-32-30-37(31-33-39)44-22-13-24-49-51(44)60-50-25-12-11-23-48(50)55(49,41-15-3-1-4-16-41)42-17-5-2-6-18-42/h1-34H. The summed E-state index contributed by atoms with van der Waals surface area (Å²) in [7, 11) is 0. The Hall–Kier alpha value is -8.20. The van der Waals surface area contributed by atoms with Crippen molar-refractivity contribution >= 4 is 21.5 Å². The maximum Gasteiger partial charge on any atom is 0.164 e. The topological polar surface area (TPSA) is 71.7 Å². The largest absolute Gasteiger partial charge is 0.456 e. The molecule has 1 aromatic heterocycles. The maximum absolute atomic E-state index is 9.52. The van der Waals surface area contributed by atoms with Crippen LogP contribution in [-0.2, 0) is 5.41 Å². The van der Waals surface area contributed by atoms with E-state index in [1.54, 1.807) is 12.1 Å². The molecule has 1 aliphatic rings. The van der Waals surface area contributed by atoms with E-state index in [1.165, 1.54) is 16.5 Å². The average Bonchev–Trinajstić information content (AvgIpc) is 3.33. The van der Waals surface area contributed by atoms with Crippen LogP contribution in [0.5, 0.6) is 11.5 Å². The highest BCUT2D eigenvalue weighted by molar-refractivity contribution is 6.13. The van der Waals surface area contributed by atoms with Crippen LogP contribution in [0.2, 0.25) is 0 Å². The average molecular weight is 767 g/mol. The predicted molar refractivity (Wildman–Crippen MR) is 240 cm³/mol. The molecule has 2 heterocycles. The van der Waals surface area contributed by atoms with Crippen LogP contribution in [-0.4, -0.2) is 15.0 Å². The Balaban J connectivity index is 1.07. The fraction of sp³-hybridized carbons (Fsp3) is 0.0182. The minimum absolute atomic E-state index is 0.531. The molecule has 0 fully saturated rings. The minimum Gasteiger partial charge on any atom is -0.456 e. The molecule has 0 amide bonds. The van der Waals surface area contributed by atoms with E-state index in [2.05, 4.69) is 182 Å². The van der Waals surface area contributed by atoms with Crippen LogP contribution in [0.4, 0.5) is 0 Å². The van der Waals surface area contributed by atoms with Crippen molar-refractivity contribution in [3.63, 3.8) is 0 Å². The first-order valence-corrected chi connectivity index (χ1v) is 20.0. The summed E-state index contributed by atoms with van der Waals surface area (Å²) in [5.41, 5.74) is 9.05. The third kappa shape index (κ3) is 5.66. The number of rotatable bonds is 6. The van der Waals surface area contributed by atoms with Crippen molar-refractivity contribution in [2.24, 2.45) is 0 Å². The molecule has 0 saturated carbocycles. The Morgan fingerprint density at radius 2 is 0.950 bits per heavy atom. The van der Waals surface area contributed by atoms with Gasteiger partial charge >= 0.3 is 0 Å². The summed E-state index contributed by atoms with van der Waals surface area (Å²) in [6.07, 6.45) is 0. The van der Waals surface area contributed by atoms with Crippen LogP contribution in [0.15, 0.2) is 206 Å². The highest BCUT2D eigenvalue weighted by Gasteiger charge is 2.45. The van der Waals surface area contributed by atoms with E-state index in [0.29, 0.717) is 23.0 Å². The van der Waals surface area contributed by atoms with E-state index < -0.39 is 5.41 Å². The van der Waals surface area contributed by atoms with Gasteiger partial charge in [-0.2, -0.15) is 5.26 Å². The van der Waals surface area contributed by atoms with Gasteiger partial charge in [0.15, 0.2) is 17.5 Å². The van der Waals surface area contributed by atoms with Crippen LogP contribution >= 0.6 is 0 Å². The number of hydrogen-bond acceptors (Lipinski definition) is 5. The fourth-order valence-corrected chi connectivity index (χ4v) is 8.94. The molecule has 60 heavy (non-hydrogen) atoms. The molecule has 280 valence electrons. The lowest BCUT2D eigenvalue weighted by atomic mass is 9.63. The molecule has 9 aromatic carbocycles. The van der Waals surface area contributed by atoms with Gasteiger partial charge in [0.1, 0.15) is 11.5 Å². The van der Waals surface area contributed by atoms with Gasteiger partial charge in [-0.15, -0.1) is 0 Å². The molecule has 0 spiro atoms. The van der Waals surface area contributed by atoms with Crippen molar-refractivity contribution in [3.8, 4) is 62.9 Å². The molecule has 0 bridgehead atoms. The zero-order valence-electron chi connectivity index (χ0n) is 32.3. The van der Waals surface area contributed by atoms with Crippen LogP contribution in [0.25, 0.3) is 66.8 Å². The second-order valence-electron chi connectivity index (χ2n) is 15.0. The first-order valence-electron chi connectivity index (χ1n) is 20.0. The quantitative estimate of drug-likeness (QED) is 0.158. The zero-order valence-corrected chi connectivity index (χ0v) is 32.3. The lowest BCUT2D eigenvalue weighted by Crippen LogP contribution is -2.34. The summed E-state index contributed by atoms with van der Waals surface area (Å²) >= 11 is 0. The van der Waals surface area contributed by atoms with E-state index in [9.17, 15) is 5.26 Å². The third-order valence-corrected chi connectivity index (χ3v) is 11.7. The summed E-state index contributed by atoms with van der Waals surface area (Å²) in [6.45, 7) is 0. The van der Waals surface area contributed by atoms with Crippen LogP contribution in [0.3, 0.4) is 0 Å². The van der Waals surface area contributed by atoms with Crippen molar-refractivity contribution < 1.29 is 4.74 Å². The van der Waals surface area contributed by atoms with Crippen LogP contribution in [0, 0.1) is 11.3 Å². The van der Waals surface area contributed by atoms with E-state index in [4.69, 9.17) is 19.7 Å². The maximum atomic E-state index is 9.52. The van der Waals surface area contributed by atoms with Gasteiger partial charge in [-0.25, -0.2) is 15.0 Å². The Morgan fingerprint density at radius 1 is 0.417 bits per heavy atom. The lowest BCUT2D eigenvalue weighted by molar-refractivity contribution is 0.436. The van der Waals surface area contributed by atoms with Gasteiger partial charge in [0.2, 0.25) is 0 Å². The number of nitriles is 1. The van der Waals surface area contributed by atoms with Gasteiger partial charge < -0.3 is 4.74 Å². The predicted octanol–water partition coefficient (Wildman–Crippen LogP) is 13.2. The molecule has 0 radical (unpaired) electrons. The first kappa shape index (κ1) is 35.0. The molecule has 0 unspecified atom stereocenters. The highest BCUT2D eigenvalue weighted by Crippen LogP contribution is 2.57. The Morgan fingerprint density at radius 3 is 1.63 bits per heavy atom. The van der Waals surface area contributed by atoms with E-state index in [0.717, 1.165) is 66.6 Å². The highest BCUT2D eigenvalue weighted by atomic mass is 16.5. The first-order chi connectivity index (χ1) is 29.7. The van der Waals surface area contributed by atoms with Crippen molar-refractivity contribution in [1.82, 2.24) is 15.0 Å². The number of para-hydroxylation sites is 2. The lowest BCUT2D eigenvalue weighted by Gasteiger charge is -2.42. The van der Waals surface area contributed by atoms with Crippen molar-refractivity contribution in [1.29, 1.82) is 5.26 Å². The molecule has 0 atom stereocenters. The van der Waals surface area contributed by atoms with Crippen LogP contribution < -0.4 is 4.74 Å². The number of aromatic nitrogens is 3. The molecule has 5 nitrogen and oxygen atoms in total. The van der Waals surface area contributed by atoms with Gasteiger partial charge in [0.25, 0.3) is 0 Å². The number of fused-ring (bicyclic) bond motifs is 5. The Labute approximate surface area is 347 Å². The molecule has 10 aromatic rings. The van der Waals surface area contributed by atoms with Crippen molar-refractivity contribution in [2.45, 2.75) is 5.41 Å². The van der Waals surface area contributed by atoms with Gasteiger partial charge in [-0.3, -0.25) is 0 Å². The van der Waals surface area contributed by atoms with E-state index in [1.807, 2.05) is 18.2 Å². The second kappa shape index (κ2) is 14.3. The Kier molecular flexibility index (Phi) is 8.35. The summed E-state index contributed by atoms with van der Waals surface area (Å²) in [4.78, 5) is 15.3. The van der Waals surface area contributed by atoms with Crippen LogP contribution in [0.1, 0.15) is 27.8 Å². The van der Waals surface area contributed by atoms with Crippen molar-refractivity contribution in [3.05, 3.63) is 234 Å². The zero-order chi connectivity index (χ0) is 40.0.